The molecular weight excluding hydrogens is 438 g/mol. The van der Waals surface area contributed by atoms with Crippen molar-refractivity contribution in [2.24, 2.45) is 5.73 Å². The van der Waals surface area contributed by atoms with Crippen LogP contribution in [-0.4, -0.2) is 26.8 Å². The lowest BCUT2D eigenvalue weighted by molar-refractivity contribution is -0.136. The maximum atomic E-state index is 11.3. The number of aliphatic carboxylic acids is 1. The van der Waals surface area contributed by atoms with E-state index in [2.05, 4.69) is 76.4 Å². The lowest BCUT2D eigenvalue weighted by Gasteiger charge is -2.19. The number of carboxylic acids is 1. The van der Waals surface area contributed by atoms with Crippen molar-refractivity contribution >= 4 is 22.8 Å². The Bertz CT molecular complexity index is 1310. The summed E-state index contributed by atoms with van der Waals surface area (Å²) >= 11 is 0. The number of fused-ring (bicyclic) bond motifs is 1. The van der Waals surface area contributed by atoms with Gasteiger partial charge in [-0.05, 0) is 58.9 Å². The monoisotopic (exact) mass is 471 g/mol. The van der Waals surface area contributed by atoms with Crippen LogP contribution in [-0.2, 0) is 10.2 Å². The van der Waals surface area contributed by atoms with Gasteiger partial charge in [-0.3, -0.25) is 14.3 Å². The van der Waals surface area contributed by atoms with Crippen LogP contribution in [0.25, 0.3) is 22.0 Å². The molecule has 4 aromatic rings. The normalized spacial score (nSPS) is 12.0. The minimum Gasteiger partial charge on any atom is -0.481 e. The molecule has 3 N–H and O–H groups in total. The number of hydrogen-bond acceptors (Lipinski definition) is 3. The van der Waals surface area contributed by atoms with Crippen molar-refractivity contribution in [3.63, 3.8) is 0 Å². The number of carbonyl (C=O) groups is 2. The fourth-order valence-electron chi connectivity index (χ4n) is 3.66. The van der Waals surface area contributed by atoms with Crippen LogP contribution in [0.4, 0.5) is 0 Å². The Kier molecular flexibility index (Phi) is 7.75. The van der Waals surface area contributed by atoms with Gasteiger partial charge in [-0.1, -0.05) is 70.2 Å². The quantitative estimate of drug-likeness (QED) is 0.362. The molecule has 0 radical (unpaired) electrons. The second-order valence-corrected chi connectivity index (χ2v) is 9.62. The van der Waals surface area contributed by atoms with Crippen molar-refractivity contribution < 1.29 is 14.7 Å². The number of hydrogen-bond donors (Lipinski definition) is 2. The second kappa shape index (κ2) is 10.6. The molecule has 0 aliphatic carbocycles. The number of nitrogens with two attached hydrogens (primary N) is 1. The van der Waals surface area contributed by atoms with Gasteiger partial charge in [0.2, 0.25) is 5.91 Å². The van der Waals surface area contributed by atoms with Crippen LogP contribution in [0.2, 0.25) is 0 Å². The molecule has 182 valence electrons. The van der Waals surface area contributed by atoms with E-state index in [0.717, 1.165) is 16.5 Å². The van der Waals surface area contributed by atoms with Crippen LogP contribution < -0.4 is 5.73 Å². The van der Waals surface area contributed by atoms with Crippen LogP contribution in [0, 0.1) is 0 Å². The number of carboxylic acid groups (broad SMARTS) is 1. The molecule has 35 heavy (non-hydrogen) atoms. The van der Waals surface area contributed by atoms with Crippen molar-refractivity contribution in [1.29, 1.82) is 0 Å². The molecule has 4 rings (SSSR count). The van der Waals surface area contributed by atoms with Crippen LogP contribution in [0.5, 0.6) is 0 Å². The average molecular weight is 472 g/mol. The summed E-state index contributed by atoms with van der Waals surface area (Å²) in [6, 6.07) is 22.6. The van der Waals surface area contributed by atoms with Crippen LogP contribution in [0.15, 0.2) is 72.9 Å². The first kappa shape index (κ1) is 25.7. The first-order chi connectivity index (χ1) is 16.5. The first-order valence-corrected chi connectivity index (χ1v) is 11.7. The standard InChI is InChI=1S/C26H27N3O.C3H6O2/c1-17(18-5-7-20(8-6-18)25(27)30)29-16-22-15-21(11-14-24(22)28-29)19-9-12-23(13-10-19)26(2,3)4;1-2-3(4)5/h5-17H,1-4H3,(H2,27,30);2H2,1H3,(H,4,5). The Labute approximate surface area is 206 Å². The summed E-state index contributed by atoms with van der Waals surface area (Å²) in [6.45, 7) is 10.4. The highest BCUT2D eigenvalue weighted by Crippen LogP contribution is 2.29. The van der Waals surface area contributed by atoms with Gasteiger partial charge in [-0.2, -0.15) is 5.10 Å². The van der Waals surface area contributed by atoms with E-state index in [0.29, 0.717) is 5.56 Å². The van der Waals surface area contributed by atoms with Gasteiger partial charge in [-0.15, -0.1) is 0 Å². The largest absolute Gasteiger partial charge is 0.481 e. The average Bonchev–Trinajstić information content (AvgIpc) is 3.27. The van der Waals surface area contributed by atoms with Crippen LogP contribution >= 0.6 is 0 Å². The lowest BCUT2D eigenvalue weighted by Crippen LogP contribution is -2.12. The molecule has 1 unspecified atom stereocenters. The SMILES string of the molecule is CC(c1ccc(C(N)=O)cc1)n1cc2cc(-c3ccc(C(C)(C)C)cc3)ccc2n1.CCC(=O)O. The number of aromatic nitrogens is 2. The number of benzene rings is 3. The van der Waals surface area contributed by atoms with E-state index in [1.165, 1.54) is 16.7 Å². The van der Waals surface area contributed by atoms with Gasteiger partial charge in [-0.25, -0.2) is 0 Å². The third-order valence-electron chi connectivity index (χ3n) is 5.98. The lowest BCUT2D eigenvalue weighted by atomic mass is 9.86. The van der Waals surface area contributed by atoms with Crippen molar-refractivity contribution in [2.75, 3.05) is 0 Å². The highest BCUT2D eigenvalue weighted by atomic mass is 16.4. The van der Waals surface area contributed by atoms with Gasteiger partial charge in [0.1, 0.15) is 0 Å². The van der Waals surface area contributed by atoms with Crippen LogP contribution in [0.1, 0.15) is 68.6 Å². The molecule has 6 nitrogen and oxygen atoms in total. The highest BCUT2D eigenvalue weighted by molar-refractivity contribution is 5.92. The number of carbonyl (C=O) groups excluding carboxylic acids is 1. The zero-order chi connectivity index (χ0) is 25.8. The molecule has 1 aromatic heterocycles. The Morgan fingerprint density at radius 3 is 2.06 bits per heavy atom. The minimum absolute atomic E-state index is 0.0499. The number of nitrogens with zero attached hydrogens (tertiary/aromatic N) is 2. The fourth-order valence-corrected chi connectivity index (χ4v) is 3.66. The minimum atomic E-state index is -0.745. The van der Waals surface area contributed by atoms with Gasteiger partial charge >= 0.3 is 5.97 Å². The molecule has 1 amide bonds. The van der Waals surface area contributed by atoms with E-state index in [-0.39, 0.29) is 17.9 Å². The van der Waals surface area contributed by atoms with Gasteiger partial charge in [0.25, 0.3) is 0 Å². The third-order valence-corrected chi connectivity index (χ3v) is 5.98. The van der Waals surface area contributed by atoms with Crippen molar-refractivity contribution in [1.82, 2.24) is 9.78 Å². The van der Waals surface area contributed by atoms with E-state index in [1.54, 1.807) is 19.1 Å². The third kappa shape index (κ3) is 6.35. The smallest absolute Gasteiger partial charge is 0.303 e. The number of rotatable bonds is 5. The Morgan fingerprint density at radius 2 is 1.54 bits per heavy atom. The van der Waals surface area contributed by atoms with E-state index >= 15 is 0 Å². The molecule has 6 heteroatoms. The van der Waals surface area contributed by atoms with E-state index in [1.807, 2.05) is 16.8 Å². The number of primary amides is 1. The summed E-state index contributed by atoms with van der Waals surface area (Å²) in [6.07, 6.45) is 2.30. The zero-order valence-corrected chi connectivity index (χ0v) is 20.9. The molecule has 0 fully saturated rings. The molecule has 0 aliphatic rings. The first-order valence-electron chi connectivity index (χ1n) is 11.7. The Hall–Kier alpha value is -3.93. The van der Waals surface area contributed by atoms with E-state index < -0.39 is 11.9 Å². The van der Waals surface area contributed by atoms with E-state index in [9.17, 15) is 9.59 Å². The maximum Gasteiger partial charge on any atom is 0.303 e. The molecule has 1 heterocycles. The Balaban J connectivity index is 0.000000623. The fraction of sp³-hybridized carbons (Fsp3) is 0.276. The molecule has 0 aliphatic heterocycles. The number of amides is 1. The maximum absolute atomic E-state index is 11.3. The topological polar surface area (TPSA) is 98.2 Å². The Morgan fingerprint density at radius 1 is 0.971 bits per heavy atom. The predicted molar refractivity (Wildman–Crippen MR) is 141 cm³/mol. The molecule has 0 spiro atoms. The van der Waals surface area contributed by atoms with Crippen molar-refractivity contribution in [3.05, 3.63) is 89.6 Å². The molecule has 1 atom stereocenters. The molecular formula is C29H33N3O3. The predicted octanol–water partition coefficient (Wildman–Crippen LogP) is 6.19. The van der Waals surface area contributed by atoms with Crippen molar-refractivity contribution in [3.8, 4) is 11.1 Å². The van der Waals surface area contributed by atoms with Gasteiger partial charge in [0.15, 0.2) is 0 Å². The summed E-state index contributed by atoms with van der Waals surface area (Å²) in [5.41, 5.74) is 11.7. The summed E-state index contributed by atoms with van der Waals surface area (Å²) in [4.78, 5) is 20.7. The van der Waals surface area contributed by atoms with Gasteiger partial charge < -0.3 is 10.8 Å². The molecule has 0 saturated carbocycles. The van der Waals surface area contributed by atoms with Gasteiger partial charge in [0, 0.05) is 23.6 Å². The molecule has 0 bridgehead atoms. The highest BCUT2D eigenvalue weighted by Gasteiger charge is 2.14. The summed E-state index contributed by atoms with van der Waals surface area (Å²) in [5.74, 6) is -1.16. The summed E-state index contributed by atoms with van der Waals surface area (Å²) in [7, 11) is 0. The summed E-state index contributed by atoms with van der Waals surface area (Å²) in [5, 5.41) is 13.6. The zero-order valence-electron chi connectivity index (χ0n) is 20.9. The van der Waals surface area contributed by atoms with Gasteiger partial charge in [0.05, 0.1) is 11.6 Å². The molecule has 3 aromatic carbocycles. The summed E-state index contributed by atoms with van der Waals surface area (Å²) < 4.78 is 1.97. The second-order valence-electron chi connectivity index (χ2n) is 9.62. The van der Waals surface area contributed by atoms with E-state index in [4.69, 9.17) is 15.9 Å². The van der Waals surface area contributed by atoms with Crippen molar-refractivity contribution in [2.45, 2.75) is 52.5 Å². The molecule has 0 saturated heterocycles. The van der Waals surface area contributed by atoms with Crippen LogP contribution in [0.3, 0.4) is 0 Å².